The minimum absolute atomic E-state index is 0.101. The monoisotopic (exact) mass is 316 g/mol. The van der Waals surface area contributed by atoms with Crippen molar-refractivity contribution in [1.82, 2.24) is 15.1 Å². The van der Waals surface area contributed by atoms with E-state index in [0.717, 1.165) is 0 Å². The Labute approximate surface area is 126 Å². The van der Waals surface area contributed by atoms with Crippen molar-refractivity contribution in [2.75, 3.05) is 6.61 Å². The molecule has 9 heteroatoms. The molecule has 0 unspecified atom stereocenters. The van der Waals surface area contributed by atoms with E-state index in [1.54, 1.807) is 12.2 Å². The number of urea groups is 1. The topological polar surface area (TPSA) is 116 Å². The first kappa shape index (κ1) is 17.0. The molecule has 0 atom stereocenters. The second-order valence-electron chi connectivity index (χ2n) is 4.82. The minimum atomic E-state index is -1.02. The number of esters is 1. The molecular formula is C12H17ClN4O4. The number of halogens is 1. The third-order valence-corrected chi connectivity index (χ3v) is 2.79. The molecule has 21 heavy (non-hydrogen) atoms. The van der Waals surface area contributed by atoms with Gasteiger partial charge in [-0.15, -0.1) is 0 Å². The van der Waals surface area contributed by atoms with Crippen LogP contribution in [0.5, 0.6) is 0 Å². The summed E-state index contributed by atoms with van der Waals surface area (Å²) in [6, 6.07) is -1.02. The van der Waals surface area contributed by atoms with Crippen LogP contribution in [0, 0.1) is 12.8 Å². The molecule has 0 fully saturated rings. The Morgan fingerprint density at radius 1 is 1.43 bits per heavy atom. The first-order valence-corrected chi connectivity index (χ1v) is 6.59. The number of carbonyl (C=O) groups excluding carboxylic acids is 3. The van der Waals surface area contributed by atoms with Crippen LogP contribution in [-0.2, 0) is 16.1 Å². The van der Waals surface area contributed by atoms with Crippen molar-refractivity contribution in [2.45, 2.75) is 27.3 Å². The fourth-order valence-electron chi connectivity index (χ4n) is 1.63. The highest BCUT2D eigenvalue weighted by atomic mass is 35.5. The SMILES string of the molecule is Cc1nn(CC(C)C)c(Cl)c1C(=O)OCC(=O)NC(N)=O. The lowest BCUT2D eigenvalue weighted by atomic mass is 10.2. The smallest absolute Gasteiger partial charge is 0.343 e. The number of ether oxygens (including phenoxy) is 1. The summed E-state index contributed by atoms with van der Waals surface area (Å²) >= 11 is 6.09. The number of nitrogens with two attached hydrogens (primary N) is 1. The van der Waals surface area contributed by atoms with Gasteiger partial charge in [0.25, 0.3) is 5.91 Å². The maximum atomic E-state index is 11.9. The molecule has 0 aliphatic heterocycles. The highest BCUT2D eigenvalue weighted by Crippen LogP contribution is 2.21. The van der Waals surface area contributed by atoms with E-state index in [0.29, 0.717) is 18.2 Å². The number of rotatable bonds is 5. The Hall–Kier alpha value is -2.09. The van der Waals surface area contributed by atoms with Gasteiger partial charge in [-0.25, -0.2) is 9.59 Å². The molecule has 116 valence electrons. The van der Waals surface area contributed by atoms with Gasteiger partial charge in [0.05, 0.1) is 5.69 Å². The van der Waals surface area contributed by atoms with Crippen molar-refractivity contribution in [1.29, 1.82) is 0 Å². The van der Waals surface area contributed by atoms with Gasteiger partial charge < -0.3 is 10.5 Å². The first-order valence-electron chi connectivity index (χ1n) is 6.21. The molecule has 1 rings (SSSR count). The molecule has 0 radical (unpaired) electrons. The zero-order valence-electron chi connectivity index (χ0n) is 12.0. The van der Waals surface area contributed by atoms with E-state index in [2.05, 4.69) is 5.10 Å². The average molecular weight is 317 g/mol. The molecule has 0 aliphatic carbocycles. The third-order valence-electron chi connectivity index (χ3n) is 2.40. The predicted octanol–water partition coefficient (Wildman–Crippen LogP) is 0.853. The Morgan fingerprint density at radius 3 is 2.57 bits per heavy atom. The minimum Gasteiger partial charge on any atom is -0.452 e. The Morgan fingerprint density at radius 2 is 2.05 bits per heavy atom. The average Bonchev–Trinajstić information content (AvgIpc) is 2.60. The number of imide groups is 1. The van der Waals surface area contributed by atoms with E-state index in [9.17, 15) is 14.4 Å². The summed E-state index contributed by atoms with van der Waals surface area (Å²) in [6.45, 7) is 5.50. The molecule has 0 bridgehead atoms. The molecule has 0 saturated carbocycles. The van der Waals surface area contributed by atoms with E-state index in [-0.39, 0.29) is 10.7 Å². The summed E-state index contributed by atoms with van der Waals surface area (Å²) < 4.78 is 6.28. The second-order valence-corrected chi connectivity index (χ2v) is 5.17. The number of nitrogens with zero attached hydrogens (tertiary/aromatic N) is 2. The number of amides is 3. The Balaban J connectivity index is 2.76. The number of nitrogens with one attached hydrogen (secondary N) is 1. The quantitative estimate of drug-likeness (QED) is 0.781. The normalized spacial score (nSPS) is 10.5. The van der Waals surface area contributed by atoms with E-state index in [1.807, 2.05) is 13.8 Å². The largest absolute Gasteiger partial charge is 0.452 e. The zero-order chi connectivity index (χ0) is 16.2. The molecule has 1 heterocycles. The summed E-state index contributed by atoms with van der Waals surface area (Å²) in [5.41, 5.74) is 5.27. The molecule has 0 aromatic carbocycles. The van der Waals surface area contributed by atoms with Gasteiger partial charge in [0.2, 0.25) is 0 Å². The maximum Gasteiger partial charge on any atom is 0.343 e. The van der Waals surface area contributed by atoms with Gasteiger partial charge in [0, 0.05) is 6.54 Å². The van der Waals surface area contributed by atoms with E-state index in [1.165, 1.54) is 4.68 Å². The van der Waals surface area contributed by atoms with Crippen molar-refractivity contribution in [3.05, 3.63) is 16.4 Å². The summed E-state index contributed by atoms with van der Waals surface area (Å²) in [6.07, 6.45) is 0. The lowest BCUT2D eigenvalue weighted by Crippen LogP contribution is -2.37. The molecule has 1 aromatic rings. The Kier molecular flexibility index (Phi) is 5.71. The fourth-order valence-corrected chi connectivity index (χ4v) is 1.95. The van der Waals surface area contributed by atoms with Gasteiger partial charge in [-0.05, 0) is 12.8 Å². The standard InChI is InChI=1S/C12H17ClN4O4/c1-6(2)4-17-10(13)9(7(3)16-17)11(19)21-5-8(18)15-12(14)20/h6H,4-5H2,1-3H3,(H3,14,15,18,20). The van der Waals surface area contributed by atoms with Crippen molar-refractivity contribution >= 4 is 29.5 Å². The van der Waals surface area contributed by atoms with Crippen LogP contribution >= 0.6 is 11.6 Å². The summed E-state index contributed by atoms with van der Waals surface area (Å²) in [5.74, 6) is -1.31. The maximum absolute atomic E-state index is 11.9. The number of aromatic nitrogens is 2. The van der Waals surface area contributed by atoms with Crippen LogP contribution in [0.15, 0.2) is 0 Å². The molecule has 3 amide bonds. The van der Waals surface area contributed by atoms with Crippen LogP contribution in [0.25, 0.3) is 0 Å². The van der Waals surface area contributed by atoms with Gasteiger partial charge in [-0.1, -0.05) is 25.4 Å². The van der Waals surface area contributed by atoms with Crippen LogP contribution in [0.4, 0.5) is 4.79 Å². The second kappa shape index (κ2) is 7.07. The van der Waals surface area contributed by atoms with Crippen molar-refractivity contribution in [2.24, 2.45) is 11.7 Å². The van der Waals surface area contributed by atoms with E-state index in [4.69, 9.17) is 22.1 Å². The van der Waals surface area contributed by atoms with Gasteiger partial charge in [-0.2, -0.15) is 5.10 Å². The number of carbonyl (C=O) groups is 3. The highest BCUT2D eigenvalue weighted by Gasteiger charge is 2.22. The number of hydrogen-bond acceptors (Lipinski definition) is 5. The zero-order valence-corrected chi connectivity index (χ0v) is 12.7. The summed E-state index contributed by atoms with van der Waals surface area (Å²) in [5, 5.41) is 6.09. The summed E-state index contributed by atoms with van der Waals surface area (Å²) in [4.78, 5) is 33.5. The van der Waals surface area contributed by atoms with Crippen LogP contribution in [0.3, 0.4) is 0 Å². The van der Waals surface area contributed by atoms with Gasteiger partial charge >= 0.3 is 12.0 Å². The van der Waals surface area contributed by atoms with Crippen LogP contribution in [-0.4, -0.2) is 34.3 Å². The first-order chi connectivity index (χ1) is 9.72. The van der Waals surface area contributed by atoms with Gasteiger partial charge in [0.1, 0.15) is 10.7 Å². The number of primary amides is 1. The van der Waals surface area contributed by atoms with Gasteiger partial charge in [0.15, 0.2) is 6.61 Å². The Bertz CT molecular complexity index is 568. The predicted molar refractivity (Wildman–Crippen MR) is 74.8 cm³/mol. The molecule has 3 N–H and O–H groups in total. The lowest BCUT2D eigenvalue weighted by molar-refractivity contribution is -0.123. The van der Waals surface area contributed by atoms with E-state index >= 15 is 0 Å². The van der Waals surface area contributed by atoms with Crippen molar-refractivity contribution < 1.29 is 19.1 Å². The number of hydrogen-bond donors (Lipinski definition) is 2. The fraction of sp³-hybridized carbons (Fsp3) is 0.500. The number of aryl methyl sites for hydroxylation is 1. The van der Waals surface area contributed by atoms with Crippen LogP contribution < -0.4 is 11.1 Å². The van der Waals surface area contributed by atoms with Crippen molar-refractivity contribution in [3.8, 4) is 0 Å². The van der Waals surface area contributed by atoms with Gasteiger partial charge in [-0.3, -0.25) is 14.8 Å². The molecule has 0 aliphatic rings. The molecular weight excluding hydrogens is 300 g/mol. The third kappa shape index (κ3) is 4.75. The van der Waals surface area contributed by atoms with E-state index < -0.39 is 24.5 Å². The molecule has 1 aromatic heterocycles. The molecule has 0 saturated heterocycles. The van der Waals surface area contributed by atoms with Crippen LogP contribution in [0.2, 0.25) is 5.15 Å². The van der Waals surface area contributed by atoms with Crippen molar-refractivity contribution in [3.63, 3.8) is 0 Å². The molecule has 0 spiro atoms. The summed E-state index contributed by atoms with van der Waals surface area (Å²) in [7, 11) is 0. The lowest BCUT2D eigenvalue weighted by Gasteiger charge is -2.06. The highest BCUT2D eigenvalue weighted by molar-refractivity contribution is 6.32. The molecule has 8 nitrogen and oxygen atoms in total. The van der Waals surface area contributed by atoms with Crippen LogP contribution in [0.1, 0.15) is 29.9 Å².